The van der Waals surface area contributed by atoms with E-state index >= 15 is 0 Å². The van der Waals surface area contributed by atoms with E-state index in [0.717, 1.165) is 0 Å². The van der Waals surface area contributed by atoms with Gasteiger partial charge in [-0.3, -0.25) is 9.59 Å². The minimum atomic E-state index is -1.18. The molecule has 0 spiro atoms. The fraction of sp³-hybridized carbons (Fsp3) is 0.833. The van der Waals surface area contributed by atoms with Gasteiger partial charge in [0.2, 0.25) is 0 Å². The standard InChI is InChI=1S/C12H22N2O5/c1-5-11(3,9(15)16)13-7-19-8-14(13)12(4,6-2)10(17)18/h5-8H2,1-4H3,(H,15,16)(H,17,18)/t11-,12-/m1/s1. The first-order valence-electron chi connectivity index (χ1n) is 6.33. The number of ether oxygens (including phenoxy) is 1. The second-order valence-electron chi connectivity index (χ2n) is 5.13. The summed E-state index contributed by atoms with van der Waals surface area (Å²) in [6.07, 6.45) is 0.698. The van der Waals surface area contributed by atoms with Crippen LogP contribution in [0.1, 0.15) is 40.5 Å². The number of aliphatic carboxylic acids is 2. The highest BCUT2D eigenvalue weighted by Crippen LogP contribution is 2.32. The highest BCUT2D eigenvalue weighted by Gasteiger charge is 2.51. The summed E-state index contributed by atoms with van der Waals surface area (Å²) in [6, 6.07) is 0. The average molecular weight is 274 g/mol. The molecule has 110 valence electrons. The molecule has 2 atom stereocenters. The zero-order valence-electron chi connectivity index (χ0n) is 11.8. The monoisotopic (exact) mass is 274 g/mol. The van der Waals surface area contributed by atoms with Crippen molar-refractivity contribution in [2.45, 2.75) is 51.6 Å². The lowest BCUT2D eigenvalue weighted by Crippen LogP contribution is -2.64. The van der Waals surface area contributed by atoms with Crippen LogP contribution in [0.4, 0.5) is 0 Å². The molecule has 1 aliphatic heterocycles. The lowest BCUT2D eigenvalue weighted by molar-refractivity contribution is -0.186. The Kier molecular flexibility index (Phi) is 4.54. The highest BCUT2D eigenvalue weighted by molar-refractivity contribution is 5.79. The Hall–Kier alpha value is -1.18. The molecule has 1 rings (SSSR count). The molecule has 0 saturated carbocycles. The number of carboxylic acid groups (broad SMARTS) is 2. The van der Waals surface area contributed by atoms with E-state index in [2.05, 4.69) is 0 Å². The fourth-order valence-corrected chi connectivity index (χ4v) is 2.06. The molecule has 0 aliphatic carbocycles. The highest BCUT2D eigenvalue weighted by atomic mass is 16.5. The minimum Gasteiger partial charge on any atom is -0.480 e. The van der Waals surface area contributed by atoms with Crippen LogP contribution in [0.5, 0.6) is 0 Å². The smallest absolute Gasteiger partial charge is 0.325 e. The maximum absolute atomic E-state index is 11.5. The Morgan fingerprint density at radius 1 is 1.00 bits per heavy atom. The Bertz CT molecular complexity index is 341. The van der Waals surface area contributed by atoms with Gasteiger partial charge in [-0.1, -0.05) is 13.8 Å². The number of nitrogens with zero attached hydrogens (tertiary/aromatic N) is 2. The van der Waals surface area contributed by atoms with Gasteiger partial charge in [-0.15, -0.1) is 0 Å². The van der Waals surface area contributed by atoms with E-state index in [9.17, 15) is 19.8 Å². The molecule has 1 saturated heterocycles. The largest absolute Gasteiger partial charge is 0.480 e. The van der Waals surface area contributed by atoms with Gasteiger partial charge in [0.15, 0.2) is 0 Å². The second-order valence-corrected chi connectivity index (χ2v) is 5.13. The Morgan fingerprint density at radius 2 is 1.32 bits per heavy atom. The molecular formula is C12H22N2O5. The van der Waals surface area contributed by atoms with Crippen LogP contribution in [0, 0.1) is 0 Å². The van der Waals surface area contributed by atoms with Crippen LogP contribution in [0.25, 0.3) is 0 Å². The number of hydrogen-bond acceptors (Lipinski definition) is 5. The third-order valence-electron chi connectivity index (χ3n) is 4.16. The van der Waals surface area contributed by atoms with Crippen molar-refractivity contribution >= 4 is 11.9 Å². The zero-order chi connectivity index (χ0) is 14.8. The van der Waals surface area contributed by atoms with Gasteiger partial charge in [0, 0.05) is 0 Å². The summed E-state index contributed by atoms with van der Waals surface area (Å²) < 4.78 is 5.29. The van der Waals surface area contributed by atoms with Gasteiger partial charge in [0.05, 0.1) is 0 Å². The van der Waals surface area contributed by atoms with Gasteiger partial charge in [-0.05, 0) is 26.7 Å². The van der Waals surface area contributed by atoms with Crippen molar-refractivity contribution in [2.75, 3.05) is 13.5 Å². The van der Waals surface area contributed by atoms with Crippen molar-refractivity contribution in [1.29, 1.82) is 0 Å². The SMILES string of the molecule is CC[C@](C)(C(=O)O)N1COCN1[C@](C)(CC)C(=O)O. The summed E-state index contributed by atoms with van der Waals surface area (Å²) in [5, 5.41) is 21.8. The Balaban J connectivity index is 3.15. The van der Waals surface area contributed by atoms with E-state index in [-0.39, 0.29) is 13.5 Å². The fourth-order valence-electron chi connectivity index (χ4n) is 2.06. The van der Waals surface area contributed by atoms with E-state index in [4.69, 9.17) is 4.74 Å². The van der Waals surface area contributed by atoms with Crippen LogP contribution in [0.15, 0.2) is 0 Å². The van der Waals surface area contributed by atoms with Crippen LogP contribution >= 0.6 is 0 Å². The predicted molar refractivity (Wildman–Crippen MR) is 67.2 cm³/mol. The van der Waals surface area contributed by atoms with Crippen LogP contribution in [-0.4, -0.2) is 56.7 Å². The van der Waals surface area contributed by atoms with Gasteiger partial charge in [-0.2, -0.15) is 10.0 Å². The van der Waals surface area contributed by atoms with E-state index in [1.54, 1.807) is 27.7 Å². The molecular weight excluding hydrogens is 252 g/mol. The van der Waals surface area contributed by atoms with Crippen molar-refractivity contribution in [2.24, 2.45) is 0 Å². The van der Waals surface area contributed by atoms with E-state index in [1.807, 2.05) is 0 Å². The molecule has 19 heavy (non-hydrogen) atoms. The number of rotatable bonds is 6. The summed E-state index contributed by atoms with van der Waals surface area (Å²) in [5.74, 6) is -1.98. The van der Waals surface area contributed by atoms with Crippen LogP contribution in [-0.2, 0) is 14.3 Å². The molecule has 7 heteroatoms. The number of hydrogen-bond donors (Lipinski definition) is 2. The van der Waals surface area contributed by atoms with Gasteiger partial charge in [0.25, 0.3) is 0 Å². The number of carbonyl (C=O) groups is 2. The molecule has 0 aromatic carbocycles. The first-order valence-corrected chi connectivity index (χ1v) is 6.33. The number of hydrazine groups is 1. The van der Waals surface area contributed by atoms with Crippen LogP contribution in [0.2, 0.25) is 0 Å². The van der Waals surface area contributed by atoms with Crippen molar-refractivity contribution in [3.05, 3.63) is 0 Å². The summed E-state index contributed by atoms with van der Waals surface area (Å²) in [4.78, 5) is 23.0. The van der Waals surface area contributed by atoms with Crippen molar-refractivity contribution in [3.63, 3.8) is 0 Å². The molecule has 0 unspecified atom stereocenters. The normalized spacial score (nSPS) is 23.8. The summed E-state index contributed by atoms with van der Waals surface area (Å²) in [5.41, 5.74) is -2.36. The maximum atomic E-state index is 11.5. The third-order valence-corrected chi connectivity index (χ3v) is 4.16. The minimum absolute atomic E-state index is 0.0828. The van der Waals surface area contributed by atoms with Crippen LogP contribution in [0.3, 0.4) is 0 Å². The lowest BCUT2D eigenvalue weighted by atomic mass is 9.95. The Labute approximate surface area is 112 Å². The summed E-state index contributed by atoms with van der Waals surface area (Å²) >= 11 is 0. The molecule has 1 heterocycles. The first-order chi connectivity index (χ1) is 8.74. The molecule has 1 aliphatic rings. The topological polar surface area (TPSA) is 90.3 Å². The summed E-state index contributed by atoms with van der Waals surface area (Å²) in [6.45, 7) is 6.84. The van der Waals surface area contributed by atoms with Crippen molar-refractivity contribution in [1.82, 2.24) is 10.0 Å². The first kappa shape index (κ1) is 15.9. The van der Waals surface area contributed by atoms with Gasteiger partial charge in [0.1, 0.15) is 24.5 Å². The lowest BCUT2D eigenvalue weighted by Gasteiger charge is -2.44. The van der Waals surface area contributed by atoms with E-state index < -0.39 is 23.0 Å². The summed E-state index contributed by atoms with van der Waals surface area (Å²) in [7, 11) is 0. The zero-order valence-corrected chi connectivity index (χ0v) is 11.8. The molecule has 1 fully saturated rings. The predicted octanol–water partition coefficient (Wildman–Crippen LogP) is 0.957. The molecule has 0 amide bonds. The van der Waals surface area contributed by atoms with E-state index in [0.29, 0.717) is 12.8 Å². The average Bonchev–Trinajstić information content (AvgIpc) is 2.86. The molecule has 2 N–H and O–H groups in total. The molecule has 0 aromatic rings. The van der Waals surface area contributed by atoms with Gasteiger partial charge < -0.3 is 14.9 Å². The van der Waals surface area contributed by atoms with Gasteiger partial charge in [-0.25, -0.2) is 0 Å². The van der Waals surface area contributed by atoms with Crippen molar-refractivity contribution in [3.8, 4) is 0 Å². The third kappa shape index (κ3) is 2.45. The van der Waals surface area contributed by atoms with E-state index in [1.165, 1.54) is 10.0 Å². The van der Waals surface area contributed by atoms with Crippen molar-refractivity contribution < 1.29 is 24.5 Å². The molecule has 0 bridgehead atoms. The molecule has 7 nitrogen and oxygen atoms in total. The second kappa shape index (κ2) is 5.44. The number of carboxylic acids is 2. The quantitative estimate of drug-likeness (QED) is 0.745. The molecule has 0 aromatic heterocycles. The Morgan fingerprint density at radius 3 is 1.53 bits per heavy atom. The molecule has 0 radical (unpaired) electrons. The van der Waals surface area contributed by atoms with Crippen LogP contribution < -0.4 is 0 Å². The van der Waals surface area contributed by atoms with Gasteiger partial charge >= 0.3 is 11.9 Å². The maximum Gasteiger partial charge on any atom is 0.325 e.